The molecular formula is C13H23N3O5S2. The molecule has 0 radical (unpaired) electrons. The molecular weight excluding hydrogens is 342 g/mol. The van der Waals surface area contributed by atoms with E-state index in [2.05, 4.69) is 4.72 Å². The first-order valence-electron chi connectivity index (χ1n) is 6.78. The van der Waals surface area contributed by atoms with Gasteiger partial charge in [0.25, 0.3) is 10.2 Å². The van der Waals surface area contributed by atoms with Crippen molar-refractivity contribution in [1.29, 1.82) is 0 Å². The lowest BCUT2D eigenvalue weighted by molar-refractivity contribution is 0.415. The third kappa shape index (κ3) is 5.34. The number of rotatable bonds is 8. The van der Waals surface area contributed by atoms with Crippen LogP contribution in [-0.4, -0.2) is 61.7 Å². The van der Waals surface area contributed by atoms with Gasteiger partial charge in [-0.3, -0.25) is 4.31 Å². The fraction of sp³-hybridized carbons (Fsp3) is 0.538. The van der Waals surface area contributed by atoms with E-state index in [1.54, 1.807) is 18.2 Å². The Balaban J connectivity index is 3.07. The van der Waals surface area contributed by atoms with Crippen LogP contribution in [0.5, 0.6) is 5.75 Å². The number of ether oxygens (including phenoxy) is 1. The van der Waals surface area contributed by atoms with Crippen LogP contribution in [0.2, 0.25) is 0 Å². The van der Waals surface area contributed by atoms with Crippen LogP contribution >= 0.6 is 0 Å². The number of sulfonamides is 1. The lowest BCUT2D eigenvalue weighted by Gasteiger charge is -2.25. The Kier molecular flexibility index (Phi) is 6.40. The van der Waals surface area contributed by atoms with Gasteiger partial charge in [-0.2, -0.15) is 12.7 Å². The number of aryl methyl sites for hydroxylation is 1. The SMILES string of the molecule is COc1ccc(C)cc1N(CCNS(=O)(=O)N(C)C)S(C)(=O)=O. The molecule has 0 aliphatic carbocycles. The summed E-state index contributed by atoms with van der Waals surface area (Å²) in [6.07, 6.45) is 1.06. The molecule has 0 fully saturated rings. The fourth-order valence-electron chi connectivity index (χ4n) is 1.87. The zero-order valence-corrected chi connectivity index (χ0v) is 15.5. The van der Waals surface area contributed by atoms with Crippen LogP contribution in [0.4, 0.5) is 5.69 Å². The number of nitrogens with zero attached hydrogens (tertiary/aromatic N) is 2. The van der Waals surface area contributed by atoms with Gasteiger partial charge >= 0.3 is 0 Å². The first-order chi connectivity index (χ1) is 10.5. The maximum absolute atomic E-state index is 12.1. The predicted molar refractivity (Wildman–Crippen MR) is 90.5 cm³/mol. The molecule has 0 atom stereocenters. The molecule has 0 saturated carbocycles. The van der Waals surface area contributed by atoms with Gasteiger partial charge in [0.15, 0.2) is 0 Å². The van der Waals surface area contributed by atoms with Crippen LogP contribution in [0.25, 0.3) is 0 Å². The molecule has 1 N–H and O–H groups in total. The van der Waals surface area contributed by atoms with Gasteiger partial charge in [-0.1, -0.05) is 6.07 Å². The molecule has 0 spiro atoms. The second-order valence-corrected chi connectivity index (χ2v) is 9.07. The van der Waals surface area contributed by atoms with E-state index in [9.17, 15) is 16.8 Å². The van der Waals surface area contributed by atoms with Crippen LogP contribution in [0.1, 0.15) is 5.56 Å². The number of methoxy groups -OCH3 is 1. The first-order valence-corrected chi connectivity index (χ1v) is 10.1. The van der Waals surface area contributed by atoms with Gasteiger partial charge in [-0.15, -0.1) is 0 Å². The molecule has 0 saturated heterocycles. The summed E-state index contributed by atoms with van der Waals surface area (Å²) >= 11 is 0. The number of anilines is 1. The molecule has 1 rings (SSSR count). The van der Waals surface area contributed by atoms with E-state index in [0.29, 0.717) is 11.4 Å². The first kappa shape index (κ1) is 19.7. The minimum atomic E-state index is -3.61. The minimum Gasteiger partial charge on any atom is -0.495 e. The average Bonchev–Trinajstić information content (AvgIpc) is 2.42. The molecule has 0 unspecified atom stereocenters. The molecule has 1 aromatic carbocycles. The van der Waals surface area contributed by atoms with E-state index >= 15 is 0 Å². The molecule has 0 aliphatic rings. The van der Waals surface area contributed by atoms with E-state index in [-0.39, 0.29) is 13.1 Å². The lowest BCUT2D eigenvalue weighted by atomic mass is 10.2. The van der Waals surface area contributed by atoms with Crippen LogP contribution in [0.15, 0.2) is 18.2 Å². The molecule has 0 aliphatic heterocycles. The zero-order valence-electron chi connectivity index (χ0n) is 13.9. The van der Waals surface area contributed by atoms with Gasteiger partial charge in [0.1, 0.15) is 5.75 Å². The Bertz CT molecular complexity index is 745. The molecule has 0 heterocycles. The number of nitrogens with one attached hydrogen (secondary N) is 1. The van der Waals surface area contributed by atoms with Crippen molar-refractivity contribution in [1.82, 2.24) is 9.03 Å². The third-order valence-corrected chi connectivity index (χ3v) is 5.79. The molecule has 132 valence electrons. The summed E-state index contributed by atoms with van der Waals surface area (Å²) in [5, 5.41) is 0. The van der Waals surface area contributed by atoms with Crippen molar-refractivity contribution in [3.63, 3.8) is 0 Å². The van der Waals surface area contributed by atoms with Crippen LogP contribution in [-0.2, 0) is 20.2 Å². The zero-order chi connectivity index (χ0) is 17.8. The maximum atomic E-state index is 12.1. The van der Waals surface area contributed by atoms with Crippen molar-refractivity contribution in [2.24, 2.45) is 0 Å². The summed E-state index contributed by atoms with van der Waals surface area (Å²) in [5.74, 6) is 0.400. The second-order valence-electron chi connectivity index (χ2n) is 5.19. The van der Waals surface area contributed by atoms with Crippen LogP contribution in [0, 0.1) is 6.92 Å². The number of hydrogen-bond donors (Lipinski definition) is 1. The number of benzene rings is 1. The van der Waals surface area contributed by atoms with Gasteiger partial charge < -0.3 is 4.74 Å². The average molecular weight is 365 g/mol. The topological polar surface area (TPSA) is 96.0 Å². The van der Waals surface area contributed by atoms with E-state index in [0.717, 1.165) is 20.4 Å². The lowest BCUT2D eigenvalue weighted by Crippen LogP contribution is -2.42. The summed E-state index contributed by atoms with van der Waals surface area (Å²) in [6, 6.07) is 5.16. The largest absolute Gasteiger partial charge is 0.495 e. The van der Waals surface area contributed by atoms with E-state index in [1.165, 1.54) is 21.2 Å². The quantitative estimate of drug-likeness (QED) is 0.708. The molecule has 23 heavy (non-hydrogen) atoms. The Hall–Kier alpha value is -1.36. The van der Waals surface area contributed by atoms with Crippen molar-refractivity contribution < 1.29 is 21.6 Å². The van der Waals surface area contributed by atoms with Gasteiger partial charge in [-0.25, -0.2) is 13.1 Å². The Morgan fingerprint density at radius 2 is 1.78 bits per heavy atom. The highest BCUT2D eigenvalue weighted by Gasteiger charge is 2.22. The highest BCUT2D eigenvalue weighted by Crippen LogP contribution is 2.30. The molecule has 10 heteroatoms. The standard InChI is InChI=1S/C13H23N3O5S2/c1-11-6-7-13(21-4)12(10-11)16(22(5,17)18)9-8-14-23(19,20)15(2)3/h6-7,10,14H,8-9H2,1-5H3. The van der Waals surface area contributed by atoms with Gasteiger partial charge in [0.05, 0.1) is 19.1 Å². The molecule has 0 amide bonds. The third-order valence-electron chi connectivity index (χ3n) is 3.08. The van der Waals surface area contributed by atoms with Gasteiger partial charge in [0.2, 0.25) is 10.0 Å². The van der Waals surface area contributed by atoms with Crippen molar-refractivity contribution in [3.8, 4) is 5.75 Å². The van der Waals surface area contributed by atoms with Crippen LogP contribution in [0.3, 0.4) is 0 Å². The number of hydrogen-bond acceptors (Lipinski definition) is 5. The second kappa shape index (κ2) is 7.47. The predicted octanol–water partition coefficient (Wildman–Crippen LogP) is 0.166. The molecule has 1 aromatic rings. The van der Waals surface area contributed by atoms with Crippen molar-refractivity contribution in [3.05, 3.63) is 23.8 Å². The van der Waals surface area contributed by atoms with Gasteiger partial charge in [0, 0.05) is 27.2 Å². The maximum Gasteiger partial charge on any atom is 0.278 e. The van der Waals surface area contributed by atoms with Crippen molar-refractivity contribution in [2.75, 3.05) is 44.9 Å². The summed E-state index contributed by atoms with van der Waals surface area (Å²) in [6.45, 7) is 1.72. The van der Waals surface area contributed by atoms with Crippen molar-refractivity contribution in [2.45, 2.75) is 6.92 Å². The normalized spacial score (nSPS) is 12.4. The van der Waals surface area contributed by atoms with E-state index in [4.69, 9.17) is 4.74 Å². The Labute approximate surface area is 138 Å². The van der Waals surface area contributed by atoms with Gasteiger partial charge in [-0.05, 0) is 24.6 Å². The fourth-order valence-corrected chi connectivity index (χ4v) is 3.40. The molecule has 0 aromatic heterocycles. The monoisotopic (exact) mass is 365 g/mol. The molecule has 0 bridgehead atoms. The molecule has 8 nitrogen and oxygen atoms in total. The summed E-state index contributed by atoms with van der Waals surface area (Å²) in [4.78, 5) is 0. The summed E-state index contributed by atoms with van der Waals surface area (Å²) in [5.41, 5.74) is 1.24. The highest BCUT2D eigenvalue weighted by atomic mass is 32.2. The van der Waals surface area contributed by atoms with E-state index in [1.807, 2.05) is 6.92 Å². The highest BCUT2D eigenvalue weighted by molar-refractivity contribution is 7.92. The summed E-state index contributed by atoms with van der Waals surface area (Å²) in [7, 11) is -2.99. The summed E-state index contributed by atoms with van der Waals surface area (Å²) < 4.78 is 57.2. The van der Waals surface area contributed by atoms with Crippen molar-refractivity contribution >= 4 is 25.9 Å². The Morgan fingerprint density at radius 1 is 1.17 bits per heavy atom. The Morgan fingerprint density at radius 3 is 2.26 bits per heavy atom. The minimum absolute atomic E-state index is 0.0499. The van der Waals surface area contributed by atoms with Crippen LogP contribution < -0.4 is 13.8 Å². The smallest absolute Gasteiger partial charge is 0.278 e. The van der Waals surface area contributed by atoms with E-state index < -0.39 is 20.2 Å².